The zero-order valence-corrected chi connectivity index (χ0v) is 19.8. The van der Waals surface area contributed by atoms with E-state index < -0.39 is 29.6 Å². The number of nitrogens with zero attached hydrogens (tertiary/aromatic N) is 4. The summed E-state index contributed by atoms with van der Waals surface area (Å²) in [6.45, 7) is 2.80. The first-order valence-electron chi connectivity index (χ1n) is 11.5. The second-order valence-corrected chi connectivity index (χ2v) is 8.69. The van der Waals surface area contributed by atoms with Gasteiger partial charge in [-0.15, -0.1) is 0 Å². The van der Waals surface area contributed by atoms with Crippen molar-refractivity contribution in [3.05, 3.63) is 88.3 Å². The Bertz CT molecular complexity index is 1300. The first-order valence-corrected chi connectivity index (χ1v) is 11.5. The van der Waals surface area contributed by atoms with Crippen LogP contribution in [0.3, 0.4) is 0 Å². The molecule has 0 fully saturated rings. The summed E-state index contributed by atoms with van der Waals surface area (Å²) in [4.78, 5) is 19.5. The number of likely N-dealkylation sites (N-methyl/N-ethyl adjacent to an activating group) is 1. The van der Waals surface area contributed by atoms with Gasteiger partial charge in [-0.05, 0) is 43.0 Å². The summed E-state index contributed by atoms with van der Waals surface area (Å²) in [6, 6.07) is 13.2. The number of aromatic nitrogens is 2. The zero-order chi connectivity index (χ0) is 26.0. The summed E-state index contributed by atoms with van der Waals surface area (Å²) in [5, 5.41) is 12.5. The van der Waals surface area contributed by atoms with Gasteiger partial charge in [-0.25, -0.2) is 9.37 Å². The molecule has 188 valence electrons. The normalized spacial score (nSPS) is 16.8. The Labute approximate surface area is 206 Å². The van der Waals surface area contributed by atoms with Crippen LogP contribution in [0.1, 0.15) is 52.4 Å². The number of alkyl halides is 3. The first-order chi connectivity index (χ1) is 17.2. The molecular weight excluding hydrogens is 474 g/mol. The molecular formula is C26H25F4N5O. The van der Waals surface area contributed by atoms with Crippen LogP contribution in [0.4, 0.5) is 17.6 Å². The van der Waals surface area contributed by atoms with E-state index in [1.165, 1.54) is 6.07 Å². The Morgan fingerprint density at radius 3 is 2.56 bits per heavy atom. The molecule has 0 bridgehead atoms. The molecule has 1 aliphatic rings. The largest absolute Gasteiger partial charge is 0.419 e. The minimum atomic E-state index is -4.77. The molecule has 36 heavy (non-hydrogen) atoms. The number of nitrogens with one attached hydrogen (secondary N) is 1. The van der Waals surface area contributed by atoms with Crippen molar-refractivity contribution in [3.63, 3.8) is 0 Å². The molecule has 2 atom stereocenters. The maximum Gasteiger partial charge on any atom is 0.419 e. The van der Waals surface area contributed by atoms with Crippen molar-refractivity contribution in [2.45, 2.75) is 44.6 Å². The maximum absolute atomic E-state index is 14.2. The Hall–Kier alpha value is -3.71. The van der Waals surface area contributed by atoms with E-state index in [0.717, 1.165) is 17.7 Å². The van der Waals surface area contributed by atoms with E-state index in [1.807, 2.05) is 39.8 Å². The fourth-order valence-electron chi connectivity index (χ4n) is 4.94. The Morgan fingerprint density at radius 1 is 1.22 bits per heavy atom. The number of hydrogen-bond acceptors (Lipinski definition) is 4. The number of aryl methyl sites for hydroxylation is 2. The molecule has 2 heterocycles. The van der Waals surface area contributed by atoms with Crippen molar-refractivity contribution in [1.29, 1.82) is 5.26 Å². The molecule has 0 radical (unpaired) electrons. The van der Waals surface area contributed by atoms with Crippen LogP contribution >= 0.6 is 0 Å². The van der Waals surface area contributed by atoms with E-state index in [0.29, 0.717) is 36.6 Å². The van der Waals surface area contributed by atoms with E-state index in [1.54, 1.807) is 14.0 Å². The minimum absolute atomic E-state index is 0.227. The van der Waals surface area contributed by atoms with Gasteiger partial charge in [0.1, 0.15) is 23.8 Å². The third-order valence-corrected chi connectivity index (χ3v) is 6.59. The van der Waals surface area contributed by atoms with Gasteiger partial charge in [0, 0.05) is 20.1 Å². The number of nitriles is 1. The van der Waals surface area contributed by atoms with Gasteiger partial charge in [0.25, 0.3) is 0 Å². The van der Waals surface area contributed by atoms with Gasteiger partial charge in [-0.3, -0.25) is 9.69 Å². The first kappa shape index (κ1) is 25.4. The highest BCUT2D eigenvalue weighted by molar-refractivity contribution is 5.83. The fourth-order valence-corrected chi connectivity index (χ4v) is 4.94. The molecule has 2 aromatic carbocycles. The Balaban J connectivity index is 1.74. The van der Waals surface area contributed by atoms with Gasteiger partial charge < -0.3 is 9.88 Å². The highest BCUT2D eigenvalue weighted by Gasteiger charge is 2.39. The summed E-state index contributed by atoms with van der Waals surface area (Å²) in [6.07, 6.45) is -4.20. The number of benzene rings is 2. The van der Waals surface area contributed by atoms with Crippen molar-refractivity contribution in [2.24, 2.45) is 0 Å². The van der Waals surface area contributed by atoms with Gasteiger partial charge >= 0.3 is 6.18 Å². The number of carbonyl (C=O) groups excluding carboxylic acids is 1. The standard InChI is InChI=1S/C26H25F4N5O/c1-16-33-21(15-31)24-22(11-9-17-8-10-19(20(27)14-17)26(28,29)30)35(13-12-34(16)24)23(25(36)32-2)18-6-4-3-5-7-18/h3-8,10,14,22-23H,9,11-13H2,1-2H3,(H,32,36)/t22-,23+/m0/s1. The van der Waals surface area contributed by atoms with Crippen LogP contribution in [0.15, 0.2) is 48.5 Å². The van der Waals surface area contributed by atoms with Crippen molar-refractivity contribution in [3.8, 4) is 6.07 Å². The van der Waals surface area contributed by atoms with Gasteiger partial charge in [0.15, 0.2) is 5.69 Å². The summed E-state index contributed by atoms with van der Waals surface area (Å²) < 4.78 is 55.1. The SMILES string of the molecule is CNC(=O)[C@@H](c1ccccc1)N1CCn2c(C)nc(C#N)c2[C@@H]1CCc1ccc(C(F)(F)F)c(F)c1. The quantitative estimate of drug-likeness (QED) is 0.499. The predicted octanol–water partition coefficient (Wildman–Crippen LogP) is 4.70. The molecule has 1 amide bonds. The number of amides is 1. The number of halogens is 4. The van der Waals surface area contributed by atoms with E-state index in [2.05, 4.69) is 16.4 Å². The second-order valence-electron chi connectivity index (χ2n) is 8.69. The lowest BCUT2D eigenvalue weighted by Crippen LogP contribution is -2.46. The molecule has 1 N–H and O–H groups in total. The molecule has 1 aliphatic heterocycles. The van der Waals surface area contributed by atoms with Crippen molar-refractivity contribution < 1.29 is 22.4 Å². The average molecular weight is 500 g/mol. The summed E-state index contributed by atoms with van der Waals surface area (Å²) in [5.74, 6) is -0.885. The van der Waals surface area contributed by atoms with Crippen LogP contribution < -0.4 is 5.32 Å². The molecule has 10 heteroatoms. The molecule has 0 saturated heterocycles. The summed E-state index contributed by atoms with van der Waals surface area (Å²) >= 11 is 0. The highest BCUT2D eigenvalue weighted by atomic mass is 19.4. The van der Waals surface area contributed by atoms with Gasteiger partial charge in [-0.2, -0.15) is 18.4 Å². The number of carbonyl (C=O) groups is 1. The Kier molecular flexibility index (Phi) is 7.13. The van der Waals surface area contributed by atoms with Gasteiger partial charge in [0.05, 0.1) is 17.3 Å². The molecule has 1 aromatic heterocycles. The minimum Gasteiger partial charge on any atom is -0.358 e. The van der Waals surface area contributed by atoms with Crippen molar-refractivity contribution in [2.75, 3.05) is 13.6 Å². The zero-order valence-electron chi connectivity index (χ0n) is 19.8. The molecule has 3 aromatic rings. The molecule has 0 saturated carbocycles. The molecule has 0 spiro atoms. The summed E-state index contributed by atoms with van der Waals surface area (Å²) in [7, 11) is 1.55. The fraction of sp³-hybridized carbons (Fsp3) is 0.346. The second kappa shape index (κ2) is 10.1. The van der Waals surface area contributed by atoms with Crippen LogP contribution in [-0.2, 0) is 23.9 Å². The van der Waals surface area contributed by atoms with Crippen molar-refractivity contribution in [1.82, 2.24) is 19.8 Å². The van der Waals surface area contributed by atoms with E-state index in [4.69, 9.17) is 0 Å². The van der Waals surface area contributed by atoms with Crippen LogP contribution in [0.5, 0.6) is 0 Å². The average Bonchev–Trinajstić information content (AvgIpc) is 3.18. The van der Waals surface area contributed by atoms with Crippen LogP contribution in [0.25, 0.3) is 0 Å². The topological polar surface area (TPSA) is 74.0 Å². The van der Waals surface area contributed by atoms with Crippen LogP contribution in [0, 0.1) is 24.1 Å². The monoisotopic (exact) mass is 499 g/mol. The third kappa shape index (κ3) is 4.84. The van der Waals surface area contributed by atoms with Crippen LogP contribution in [0.2, 0.25) is 0 Å². The molecule has 6 nitrogen and oxygen atoms in total. The molecule has 0 unspecified atom stereocenters. The molecule has 0 aliphatic carbocycles. The number of imidazole rings is 1. The van der Waals surface area contributed by atoms with E-state index >= 15 is 0 Å². The smallest absolute Gasteiger partial charge is 0.358 e. The van der Waals surface area contributed by atoms with Crippen LogP contribution in [-0.4, -0.2) is 34.0 Å². The maximum atomic E-state index is 14.2. The van der Waals surface area contributed by atoms with Gasteiger partial charge in [-0.1, -0.05) is 36.4 Å². The lowest BCUT2D eigenvalue weighted by atomic mass is 9.94. The lowest BCUT2D eigenvalue weighted by molar-refractivity contribution is -0.140. The third-order valence-electron chi connectivity index (χ3n) is 6.59. The Morgan fingerprint density at radius 2 is 1.94 bits per heavy atom. The predicted molar refractivity (Wildman–Crippen MR) is 124 cm³/mol. The van der Waals surface area contributed by atoms with E-state index in [-0.39, 0.29) is 18.0 Å². The molecule has 4 rings (SSSR count). The number of hydrogen-bond donors (Lipinski definition) is 1. The lowest BCUT2D eigenvalue weighted by Gasteiger charge is -2.41. The summed E-state index contributed by atoms with van der Waals surface area (Å²) in [5.41, 5.74) is 0.742. The van der Waals surface area contributed by atoms with Crippen molar-refractivity contribution >= 4 is 5.91 Å². The highest BCUT2D eigenvalue weighted by Crippen LogP contribution is 2.39. The van der Waals surface area contributed by atoms with Gasteiger partial charge in [0.2, 0.25) is 5.91 Å². The number of fused-ring (bicyclic) bond motifs is 1. The number of rotatable bonds is 6. The van der Waals surface area contributed by atoms with E-state index in [9.17, 15) is 27.6 Å².